The Hall–Kier alpha value is -1.20. The third-order valence-electron chi connectivity index (χ3n) is 2.15. The van der Waals surface area contributed by atoms with Gasteiger partial charge in [0, 0.05) is 12.8 Å². The Labute approximate surface area is 99.4 Å². The van der Waals surface area contributed by atoms with Crippen LogP contribution in [0.1, 0.15) is 40.0 Å². The second kappa shape index (κ2) is 6.51. The van der Waals surface area contributed by atoms with Gasteiger partial charge in [-0.2, -0.15) is 0 Å². The fourth-order valence-electron chi connectivity index (χ4n) is 1.15. The number of hydrogen-bond donors (Lipinski definition) is 2. The number of alkyl halides is 2. The number of carboxylic acid groups (broad SMARTS) is 1. The summed E-state index contributed by atoms with van der Waals surface area (Å²) < 4.78 is 24.1. The Morgan fingerprint density at radius 2 is 1.82 bits per heavy atom. The number of amides is 1. The van der Waals surface area contributed by atoms with E-state index in [-0.39, 0.29) is 11.8 Å². The Bertz CT molecular complexity index is 274. The lowest BCUT2D eigenvalue weighted by Crippen LogP contribution is -2.42. The molecule has 0 bridgehead atoms. The number of aliphatic carboxylic acids is 1. The predicted molar refractivity (Wildman–Crippen MR) is 58.9 cm³/mol. The van der Waals surface area contributed by atoms with Crippen molar-refractivity contribution in [2.75, 3.05) is 0 Å². The maximum Gasteiger partial charge on any atom is 0.326 e. The fraction of sp³-hybridized carbons (Fsp3) is 0.818. The summed E-state index contributed by atoms with van der Waals surface area (Å²) in [7, 11) is 0. The van der Waals surface area contributed by atoms with Gasteiger partial charge in [0.1, 0.15) is 6.04 Å². The monoisotopic (exact) mass is 251 g/mol. The van der Waals surface area contributed by atoms with E-state index < -0.39 is 30.8 Å². The molecule has 2 N–H and O–H groups in total. The van der Waals surface area contributed by atoms with Crippen LogP contribution in [-0.2, 0) is 9.59 Å². The Balaban J connectivity index is 4.18. The average Bonchev–Trinajstić information content (AvgIpc) is 2.11. The highest BCUT2D eigenvalue weighted by atomic mass is 19.3. The van der Waals surface area contributed by atoms with Crippen molar-refractivity contribution in [1.29, 1.82) is 0 Å². The quantitative estimate of drug-likeness (QED) is 0.759. The minimum absolute atomic E-state index is 0.0568. The van der Waals surface area contributed by atoms with Crippen LogP contribution in [0.25, 0.3) is 0 Å². The van der Waals surface area contributed by atoms with E-state index in [2.05, 4.69) is 5.32 Å². The molecule has 100 valence electrons. The highest BCUT2D eigenvalue weighted by Crippen LogP contribution is 2.20. The van der Waals surface area contributed by atoms with Gasteiger partial charge in [0.05, 0.1) is 0 Å². The summed E-state index contributed by atoms with van der Waals surface area (Å²) in [5, 5.41) is 10.8. The minimum atomic E-state index is -2.75. The molecule has 0 radical (unpaired) electrons. The Morgan fingerprint density at radius 1 is 1.29 bits per heavy atom. The Morgan fingerprint density at radius 3 is 2.18 bits per heavy atom. The zero-order valence-electron chi connectivity index (χ0n) is 10.3. The number of rotatable bonds is 6. The van der Waals surface area contributed by atoms with Crippen LogP contribution in [0.3, 0.4) is 0 Å². The first-order valence-corrected chi connectivity index (χ1v) is 5.42. The van der Waals surface area contributed by atoms with Gasteiger partial charge < -0.3 is 10.4 Å². The summed E-state index contributed by atoms with van der Waals surface area (Å²) in [6.45, 7) is 5.82. The molecule has 1 unspecified atom stereocenters. The molecule has 0 aliphatic rings. The topological polar surface area (TPSA) is 66.4 Å². The molecule has 0 heterocycles. The third kappa shape index (κ3) is 8.59. The van der Waals surface area contributed by atoms with Crippen molar-refractivity contribution in [3.05, 3.63) is 0 Å². The first-order chi connectivity index (χ1) is 7.61. The van der Waals surface area contributed by atoms with Crippen LogP contribution in [0.15, 0.2) is 0 Å². The van der Waals surface area contributed by atoms with Crippen molar-refractivity contribution in [3.8, 4) is 0 Å². The summed E-state index contributed by atoms with van der Waals surface area (Å²) in [6.07, 6.45) is -2.91. The molecular formula is C11H19F2NO3. The molecule has 0 fully saturated rings. The van der Waals surface area contributed by atoms with E-state index in [0.29, 0.717) is 6.42 Å². The smallest absolute Gasteiger partial charge is 0.326 e. The molecule has 17 heavy (non-hydrogen) atoms. The largest absolute Gasteiger partial charge is 0.480 e. The number of carbonyl (C=O) groups is 2. The van der Waals surface area contributed by atoms with Crippen molar-refractivity contribution in [2.45, 2.75) is 52.5 Å². The van der Waals surface area contributed by atoms with Crippen LogP contribution in [0.2, 0.25) is 0 Å². The summed E-state index contributed by atoms with van der Waals surface area (Å²) >= 11 is 0. The molecule has 0 spiro atoms. The van der Waals surface area contributed by atoms with Gasteiger partial charge >= 0.3 is 5.97 Å². The number of halogens is 2. The standard InChI is InChI=1S/C11H19F2NO3/c1-11(2,3)5-4-9(15)14-7(10(16)17)6-8(12)13/h7-8H,4-6H2,1-3H3,(H,14,15)(H,16,17). The summed E-state index contributed by atoms with van der Waals surface area (Å²) in [5.74, 6) is -1.94. The van der Waals surface area contributed by atoms with Crippen LogP contribution in [-0.4, -0.2) is 29.5 Å². The maximum atomic E-state index is 12.1. The summed E-state index contributed by atoms with van der Waals surface area (Å²) in [6, 6.07) is -1.51. The molecule has 0 aliphatic carbocycles. The minimum Gasteiger partial charge on any atom is -0.480 e. The highest BCUT2D eigenvalue weighted by Gasteiger charge is 2.24. The summed E-state index contributed by atoms with van der Waals surface area (Å²) in [5.41, 5.74) is -0.0568. The molecular weight excluding hydrogens is 232 g/mol. The molecule has 0 aromatic rings. The average molecular weight is 251 g/mol. The Kier molecular flexibility index (Phi) is 6.05. The number of nitrogens with one attached hydrogen (secondary N) is 1. The van der Waals surface area contributed by atoms with Gasteiger partial charge in [0.25, 0.3) is 0 Å². The van der Waals surface area contributed by atoms with Crippen molar-refractivity contribution in [1.82, 2.24) is 5.32 Å². The molecule has 0 saturated carbocycles. The van der Waals surface area contributed by atoms with Gasteiger partial charge in [-0.15, -0.1) is 0 Å². The SMILES string of the molecule is CC(C)(C)CCC(=O)NC(CC(F)F)C(=O)O. The molecule has 4 nitrogen and oxygen atoms in total. The predicted octanol–water partition coefficient (Wildman–Crippen LogP) is 2.04. The van der Waals surface area contributed by atoms with Crippen LogP contribution < -0.4 is 5.32 Å². The lowest BCUT2D eigenvalue weighted by Gasteiger charge is -2.19. The molecule has 0 aliphatic heterocycles. The maximum absolute atomic E-state index is 12.1. The molecule has 0 aromatic carbocycles. The van der Waals surface area contributed by atoms with Crippen molar-refractivity contribution in [3.63, 3.8) is 0 Å². The van der Waals surface area contributed by atoms with Gasteiger partial charge in [0.2, 0.25) is 12.3 Å². The second-order valence-corrected chi connectivity index (χ2v) is 5.15. The first kappa shape index (κ1) is 15.8. The van der Waals surface area contributed by atoms with E-state index in [1.807, 2.05) is 20.8 Å². The highest BCUT2D eigenvalue weighted by molar-refractivity contribution is 5.83. The molecule has 6 heteroatoms. The summed E-state index contributed by atoms with van der Waals surface area (Å²) in [4.78, 5) is 22.0. The fourth-order valence-corrected chi connectivity index (χ4v) is 1.15. The van der Waals surface area contributed by atoms with Gasteiger partial charge in [-0.05, 0) is 11.8 Å². The van der Waals surface area contributed by atoms with Crippen LogP contribution >= 0.6 is 0 Å². The van der Waals surface area contributed by atoms with Gasteiger partial charge in [-0.25, -0.2) is 13.6 Å². The van der Waals surface area contributed by atoms with Crippen LogP contribution in [0.4, 0.5) is 8.78 Å². The van der Waals surface area contributed by atoms with Gasteiger partial charge in [-0.1, -0.05) is 20.8 Å². The van der Waals surface area contributed by atoms with Gasteiger partial charge in [0.15, 0.2) is 0 Å². The van der Waals surface area contributed by atoms with E-state index in [0.717, 1.165) is 0 Å². The van der Waals surface area contributed by atoms with E-state index in [4.69, 9.17) is 5.11 Å². The van der Waals surface area contributed by atoms with Crippen LogP contribution in [0, 0.1) is 5.41 Å². The third-order valence-corrected chi connectivity index (χ3v) is 2.15. The van der Waals surface area contributed by atoms with Crippen molar-refractivity contribution < 1.29 is 23.5 Å². The normalized spacial score (nSPS) is 13.5. The lowest BCUT2D eigenvalue weighted by atomic mass is 9.90. The van der Waals surface area contributed by atoms with E-state index in [9.17, 15) is 18.4 Å². The number of carboxylic acids is 1. The number of hydrogen-bond acceptors (Lipinski definition) is 2. The zero-order valence-corrected chi connectivity index (χ0v) is 10.3. The van der Waals surface area contributed by atoms with Crippen molar-refractivity contribution in [2.24, 2.45) is 5.41 Å². The van der Waals surface area contributed by atoms with Gasteiger partial charge in [-0.3, -0.25) is 4.79 Å². The molecule has 0 aromatic heterocycles. The zero-order chi connectivity index (χ0) is 13.6. The number of carbonyl (C=O) groups excluding carboxylic acids is 1. The first-order valence-electron chi connectivity index (χ1n) is 5.42. The molecule has 1 amide bonds. The van der Waals surface area contributed by atoms with E-state index in [1.54, 1.807) is 0 Å². The second-order valence-electron chi connectivity index (χ2n) is 5.15. The van der Waals surface area contributed by atoms with E-state index >= 15 is 0 Å². The van der Waals surface area contributed by atoms with E-state index in [1.165, 1.54) is 0 Å². The molecule has 0 saturated heterocycles. The van der Waals surface area contributed by atoms with Crippen LogP contribution in [0.5, 0.6) is 0 Å². The van der Waals surface area contributed by atoms with Crippen molar-refractivity contribution >= 4 is 11.9 Å². The lowest BCUT2D eigenvalue weighted by molar-refractivity contribution is -0.143. The molecule has 1 atom stereocenters. The molecule has 0 rings (SSSR count).